The van der Waals surface area contributed by atoms with Crippen LogP contribution in [0.15, 0.2) is 0 Å². The van der Waals surface area contributed by atoms with E-state index in [-0.39, 0.29) is 24.7 Å². The minimum absolute atomic E-state index is 0.0275. The van der Waals surface area contributed by atoms with Crippen LogP contribution < -0.4 is 11.1 Å². The number of nitrogens with two attached hydrogens (primary N) is 1. The summed E-state index contributed by atoms with van der Waals surface area (Å²) in [7, 11) is 0. The van der Waals surface area contributed by atoms with Crippen LogP contribution in [0.2, 0.25) is 0 Å². The normalized spacial score (nSPS) is 13.6. The van der Waals surface area contributed by atoms with Gasteiger partial charge in [-0.1, -0.05) is 33.1 Å². The van der Waals surface area contributed by atoms with Crippen LogP contribution in [0.25, 0.3) is 0 Å². The van der Waals surface area contributed by atoms with Crippen LogP contribution in [0.5, 0.6) is 0 Å². The average molecular weight is 272 g/mol. The first-order chi connectivity index (χ1) is 8.86. The predicted octanol–water partition coefficient (Wildman–Crippen LogP) is 1.04. The molecule has 0 aliphatic carbocycles. The molecule has 0 aromatic heterocycles. The van der Waals surface area contributed by atoms with Crippen molar-refractivity contribution in [3.63, 3.8) is 0 Å². The highest BCUT2D eigenvalue weighted by Crippen LogP contribution is 2.12. The fourth-order valence-electron chi connectivity index (χ4n) is 1.77. The third-order valence-corrected chi connectivity index (χ3v) is 2.90. The van der Waals surface area contributed by atoms with E-state index < -0.39 is 17.9 Å². The number of amides is 2. The van der Waals surface area contributed by atoms with E-state index >= 15 is 0 Å². The number of primary amides is 1. The third kappa shape index (κ3) is 9.04. The van der Waals surface area contributed by atoms with Gasteiger partial charge in [0.2, 0.25) is 11.8 Å². The lowest BCUT2D eigenvalue weighted by Crippen LogP contribution is -2.41. The zero-order valence-corrected chi connectivity index (χ0v) is 11.6. The first kappa shape index (κ1) is 17.4. The molecule has 0 spiro atoms. The van der Waals surface area contributed by atoms with Gasteiger partial charge in [-0.15, -0.1) is 0 Å². The van der Waals surface area contributed by atoms with Gasteiger partial charge in [-0.05, 0) is 12.3 Å². The van der Waals surface area contributed by atoms with Crippen LogP contribution in [-0.2, 0) is 14.4 Å². The quantitative estimate of drug-likeness (QED) is 0.552. The van der Waals surface area contributed by atoms with Gasteiger partial charge in [-0.3, -0.25) is 9.59 Å². The molecule has 6 nitrogen and oxygen atoms in total. The molecule has 0 rings (SSSR count). The molecule has 19 heavy (non-hydrogen) atoms. The van der Waals surface area contributed by atoms with E-state index in [4.69, 9.17) is 10.8 Å². The summed E-state index contributed by atoms with van der Waals surface area (Å²) in [6, 6.07) is -1.04. The zero-order valence-electron chi connectivity index (χ0n) is 11.6. The molecule has 0 aliphatic heterocycles. The summed E-state index contributed by atoms with van der Waals surface area (Å²) in [6.45, 7) is 4.05. The minimum Gasteiger partial charge on any atom is -0.480 e. The first-order valence-corrected chi connectivity index (χ1v) is 6.67. The van der Waals surface area contributed by atoms with Gasteiger partial charge in [0.25, 0.3) is 0 Å². The molecule has 0 aliphatic rings. The van der Waals surface area contributed by atoms with Crippen LogP contribution in [0, 0.1) is 5.92 Å². The van der Waals surface area contributed by atoms with E-state index in [0.717, 1.165) is 19.3 Å². The lowest BCUT2D eigenvalue weighted by atomic mass is 10.00. The highest BCUT2D eigenvalue weighted by Gasteiger charge is 2.21. The van der Waals surface area contributed by atoms with Gasteiger partial charge in [-0.2, -0.15) is 0 Å². The van der Waals surface area contributed by atoms with Crippen molar-refractivity contribution in [2.75, 3.05) is 0 Å². The Morgan fingerprint density at radius 3 is 2.37 bits per heavy atom. The number of unbranched alkanes of at least 4 members (excludes halogenated alkanes) is 1. The number of carbonyl (C=O) groups is 3. The second-order valence-electron chi connectivity index (χ2n) is 4.91. The Balaban J connectivity index is 4.16. The van der Waals surface area contributed by atoms with Gasteiger partial charge in [0.05, 0.1) is 0 Å². The van der Waals surface area contributed by atoms with Gasteiger partial charge >= 0.3 is 5.97 Å². The zero-order chi connectivity index (χ0) is 14.8. The van der Waals surface area contributed by atoms with Crippen molar-refractivity contribution in [3.8, 4) is 0 Å². The van der Waals surface area contributed by atoms with E-state index in [2.05, 4.69) is 12.2 Å². The molecular formula is C13H24N2O4. The van der Waals surface area contributed by atoms with Crippen molar-refractivity contribution in [2.24, 2.45) is 11.7 Å². The van der Waals surface area contributed by atoms with Crippen molar-refractivity contribution in [2.45, 2.75) is 58.4 Å². The second kappa shape index (κ2) is 9.35. The van der Waals surface area contributed by atoms with E-state index in [0.29, 0.717) is 6.42 Å². The van der Waals surface area contributed by atoms with Crippen molar-refractivity contribution < 1.29 is 19.5 Å². The second-order valence-corrected chi connectivity index (χ2v) is 4.91. The standard InChI is InChI=1S/C13H24N2O4/c1-3-4-5-9(2)8-12(17)15-10(13(18)19)6-7-11(14)16/h9-10H,3-8H2,1-2H3,(H2,14,16)(H,15,17)(H,18,19)/t9?,10-/m0/s1. The summed E-state index contributed by atoms with van der Waals surface area (Å²) in [5, 5.41) is 11.4. The summed E-state index contributed by atoms with van der Waals surface area (Å²) in [4.78, 5) is 33.2. The molecule has 0 radical (unpaired) electrons. The third-order valence-electron chi connectivity index (χ3n) is 2.90. The van der Waals surface area contributed by atoms with Crippen LogP contribution >= 0.6 is 0 Å². The fraction of sp³-hybridized carbons (Fsp3) is 0.769. The molecule has 0 fully saturated rings. The maximum atomic E-state index is 11.7. The SMILES string of the molecule is CCCCC(C)CC(=O)N[C@@H](CCC(N)=O)C(=O)O. The maximum Gasteiger partial charge on any atom is 0.326 e. The minimum atomic E-state index is -1.14. The molecule has 4 N–H and O–H groups in total. The van der Waals surface area contributed by atoms with Crippen LogP contribution in [-0.4, -0.2) is 28.9 Å². The van der Waals surface area contributed by atoms with Gasteiger partial charge < -0.3 is 16.2 Å². The topological polar surface area (TPSA) is 109 Å². The van der Waals surface area contributed by atoms with Gasteiger partial charge in [0.1, 0.15) is 6.04 Å². The summed E-state index contributed by atoms with van der Waals surface area (Å²) in [5.74, 6) is -1.78. The number of rotatable bonds is 10. The Labute approximate surface area is 113 Å². The van der Waals surface area contributed by atoms with Crippen molar-refractivity contribution in [3.05, 3.63) is 0 Å². The van der Waals surface area contributed by atoms with Crippen molar-refractivity contribution >= 4 is 17.8 Å². The Bertz CT molecular complexity index is 318. The number of nitrogens with one attached hydrogen (secondary N) is 1. The number of aliphatic carboxylic acids is 1. The molecule has 0 heterocycles. The monoisotopic (exact) mass is 272 g/mol. The molecule has 0 aromatic rings. The Kier molecular flexibility index (Phi) is 8.57. The number of carboxylic acid groups (broad SMARTS) is 1. The number of carboxylic acids is 1. The van der Waals surface area contributed by atoms with Gasteiger partial charge in [0, 0.05) is 12.8 Å². The van der Waals surface area contributed by atoms with Crippen molar-refractivity contribution in [1.29, 1.82) is 0 Å². The van der Waals surface area contributed by atoms with Crippen molar-refractivity contribution in [1.82, 2.24) is 5.32 Å². The molecule has 2 atom stereocenters. The Hall–Kier alpha value is -1.59. The van der Waals surface area contributed by atoms with E-state index in [9.17, 15) is 14.4 Å². The molecule has 2 amide bonds. The van der Waals surface area contributed by atoms with E-state index in [1.54, 1.807) is 0 Å². The summed E-state index contributed by atoms with van der Waals surface area (Å²) >= 11 is 0. The predicted molar refractivity (Wildman–Crippen MR) is 71.3 cm³/mol. The summed E-state index contributed by atoms with van der Waals surface area (Å²) in [6.07, 6.45) is 3.35. The maximum absolute atomic E-state index is 11.7. The van der Waals surface area contributed by atoms with Gasteiger partial charge in [-0.25, -0.2) is 4.79 Å². The average Bonchev–Trinajstić information content (AvgIpc) is 2.31. The Morgan fingerprint density at radius 2 is 1.89 bits per heavy atom. The van der Waals surface area contributed by atoms with Crippen LogP contribution in [0.4, 0.5) is 0 Å². The molecule has 0 bridgehead atoms. The smallest absolute Gasteiger partial charge is 0.326 e. The number of hydrogen-bond donors (Lipinski definition) is 3. The number of hydrogen-bond acceptors (Lipinski definition) is 3. The molecule has 1 unspecified atom stereocenters. The largest absolute Gasteiger partial charge is 0.480 e. The molecule has 110 valence electrons. The highest BCUT2D eigenvalue weighted by molar-refractivity contribution is 5.84. The Morgan fingerprint density at radius 1 is 1.26 bits per heavy atom. The molecule has 0 saturated carbocycles. The molecule has 0 saturated heterocycles. The first-order valence-electron chi connectivity index (χ1n) is 6.67. The number of carbonyl (C=O) groups excluding carboxylic acids is 2. The summed E-state index contributed by atoms with van der Waals surface area (Å²) < 4.78 is 0. The van der Waals surface area contributed by atoms with E-state index in [1.165, 1.54) is 0 Å². The van der Waals surface area contributed by atoms with Crippen LogP contribution in [0.1, 0.15) is 52.4 Å². The van der Waals surface area contributed by atoms with E-state index in [1.807, 2.05) is 6.92 Å². The molecule has 0 aromatic carbocycles. The highest BCUT2D eigenvalue weighted by atomic mass is 16.4. The fourth-order valence-corrected chi connectivity index (χ4v) is 1.77. The lowest BCUT2D eigenvalue weighted by molar-refractivity contribution is -0.142. The van der Waals surface area contributed by atoms with Gasteiger partial charge in [0.15, 0.2) is 0 Å². The molecular weight excluding hydrogens is 248 g/mol. The molecule has 6 heteroatoms. The lowest BCUT2D eigenvalue weighted by Gasteiger charge is -2.16. The van der Waals surface area contributed by atoms with Crippen LogP contribution in [0.3, 0.4) is 0 Å². The summed E-state index contributed by atoms with van der Waals surface area (Å²) in [5.41, 5.74) is 4.96.